The molecule has 5 heteroatoms. The van der Waals surface area contributed by atoms with Crippen LogP contribution in [0.5, 0.6) is 0 Å². The fraction of sp³-hybridized carbons (Fsp3) is 0.714. The second kappa shape index (κ2) is 7.15. The van der Waals surface area contributed by atoms with Crippen molar-refractivity contribution in [3.05, 3.63) is 0 Å². The molecule has 2 saturated heterocycles. The monoisotopic (exact) mass is 263 g/mol. The van der Waals surface area contributed by atoms with Gasteiger partial charge in [-0.05, 0) is 32.4 Å². The van der Waals surface area contributed by atoms with Crippen molar-refractivity contribution in [2.75, 3.05) is 26.2 Å². The van der Waals surface area contributed by atoms with Gasteiger partial charge >= 0.3 is 0 Å². The van der Waals surface area contributed by atoms with Crippen molar-refractivity contribution in [2.45, 2.75) is 38.1 Å². The maximum atomic E-state index is 11.7. The molecule has 0 bridgehead atoms. The lowest BCUT2D eigenvalue weighted by molar-refractivity contribution is -0.125. The van der Waals surface area contributed by atoms with Gasteiger partial charge in [0.25, 0.3) is 0 Å². The molecule has 5 nitrogen and oxygen atoms in total. The maximum Gasteiger partial charge on any atom is 0.243 e. The zero-order valence-corrected chi connectivity index (χ0v) is 11.2. The molecule has 1 atom stereocenters. The number of nitrogens with zero attached hydrogens (tertiary/aromatic N) is 1. The first-order chi connectivity index (χ1) is 9.25. The highest BCUT2D eigenvalue weighted by molar-refractivity contribution is 5.90. The van der Waals surface area contributed by atoms with Gasteiger partial charge in [0, 0.05) is 6.42 Å². The highest BCUT2D eigenvalue weighted by Crippen LogP contribution is 2.07. The van der Waals surface area contributed by atoms with Crippen LogP contribution in [-0.4, -0.2) is 48.9 Å². The molecule has 104 valence electrons. The summed E-state index contributed by atoms with van der Waals surface area (Å²) in [7, 11) is 0. The van der Waals surface area contributed by atoms with Gasteiger partial charge < -0.3 is 10.6 Å². The Labute approximate surface area is 114 Å². The summed E-state index contributed by atoms with van der Waals surface area (Å²) in [5.74, 6) is 5.87. The Morgan fingerprint density at radius 1 is 1.32 bits per heavy atom. The van der Waals surface area contributed by atoms with Gasteiger partial charge in [0.2, 0.25) is 11.8 Å². The minimum absolute atomic E-state index is 0.0451. The second-order valence-corrected chi connectivity index (χ2v) is 5.07. The smallest absolute Gasteiger partial charge is 0.243 e. The van der Waals surface area contributed by atoms with E-state index in [2.05, 4.69) is 27.4 Å². The predicted octanol–water partition coefficient (Wildman–Crippen LogP) is -0.129. The van der Waals surface area contributed by atoms with Crippen molar-refractivity contribution in [3.63, 3.8) is 0 Å². The molecule has 2 heterocycles. The van der Waals surface area contributed by atoms with Crippen LogP contribution in [0.3, 0.4) is 0 Å². The summed E-state index contributed by atoms with van der Waals surface area (Å²) in [6.07, 6.45) is 4.89. The van der Waals surface area contributed by atoms with Gasteiger partial charge in [-0.15, -0.1) is 0 Å². The van der Waals surface area contributed by atoms with Gasteiger partial charge in [-0.2, -0.15) is 0 Å². The molecule has 2 amide bonds. The van der Waals surface area contributed by atoms with Gasteiger partial charge in [0.15, 0.2) is 0 Å². The molecular formula is C14H21N3O2. The molecular weight excluding hydrogens is 242 g/mol. The standard InChI is InChI=1S/C14H21N3O2/c18-13-7-6-12(16-13)14(19)15-8-2-5-11-17-9-3-1-4-10-17/h12H,1,3-4,6-11H2,(H,15,19)(H,16,18)/t12-/m0/s1. The van der Waals surface area contributed by atoms with Crippen LogP contribution in [0.1, 0.15) is 32.1 Å². The van der Waals surface area contributed by atoms with Crippen LogP contribution < -0.4 is 10.6 Å². The zero-order chi connectivity index (χ0) is 13.5. The SMILES string of the molecule is O=C1CC[C@@H](C(=O)NCC#CCN2CCCCC2)N1. The van der Waals surface area contributed by atoms with Crippen molar-refractivity contribution >= 4 is 11.8 Å². The maximum absolute atomic E-state index is 11.7. The van der Waals surface area contributed by atoms with E-state index in [4.69, 9.17) is 0 Å². The van der Waals surface area contributed by atoms with Gasteiger partial charge in [0.05, 0.1) is 13.1 Å². The Kier molecular flexibility index (Phi) is 5.22. The average molecular weight is 263 g/mol. The van der Waals surface area contributed by atoms with Gasteiger partial charge in [-0.3, -0.25) is 14.5 Å². The number of carbonyl (C=O) groups is 2. The summed E-state index contributed by atoms with van der Waals surface area (Å²) < 4.78 is 0. The van der Waals surface area contributed by atoms with Crippen molar-refractivity contribution in [2.24, 2.45) is 0 Å². The quantitative estimate of drug-likeness (QED) is 0.697. The fourth-order valence-electron chi connectivity index (χ4n) is 2.41. The van der Waals surface area contributed by atoms with E-state index in [1.54, 1.807) is 0 Å². The summed E-state index contributed by atoms with van der Waals surface area (Å²) in [5.41, 5.74) is 0. The van der Waals surface area contributed by atoms with Crippen molar-refractivity contribution in [3.8, 4) is 11.8 Å². The summed E-state index contributed by atoms with van der Waals surface area (Å²) in [4.78, 5) is 25.0. The Hall–Kier alpha value is -1.54. The first kappa shape index (κ1) is 13.9. The largest absolute Gasteiger partial charge is 0.344 e. The first-order valence-electron chi connectivity index (χ1n) is 7.01. The van der Waals surface area contributed by atoms with Gasteiger partial charge in [-0.1, -0.05) is 18.3 Å². The molecule has 2 aliphatic rings. The van der Waals surface area contributed by atoms with E-state index in [1.165, 1.54) is 19.3 Å². The first-order valence-corrected chi connectivity index (χ1v) is 7.01. The lowest BCUT2D eigenvalue weighted by Gasteiger charge is -2.23. The topological polar surface area (TPSA) is 61.4 Å². The van der Waals surface area contributed by atoms with Crippen LogP contribution in [-0.2, 0) is 9.59 Å². The third kappa shape index (κ3) is 4.56. The molecule has 0 aromatic heterocycles. The fourth-order valence-corrected chi connectivity index (χ4v) is 2.41. The number of nitrogens with one attached hydrogen (secondary N) is 2. The molecule has 0 radical (unpaired) electrons. The summed E-state index contributed by atoms with van der Waals surface area (Å²) >= 11 is 0. The van der Waals surface area contributed by atoms with Crippen LogP contribution in [0.15, 0.2) is 0 Å². The number of amides is 2. The van der Waals surface area contributed by atoms with Crippen LogP contribution in [0.25, 0.3) is 0 Å². The summed E-state index contributed by atoms with van der Waals surface area (Å²) in [5, 5.41) is 5.38. The molecule has 2 rings (SSSR count). The van der Waals surface area contributed by atoms with E-state index >= 15 is 0 Å². The predicted molar refractivity (Wildman–Crippen MR) is 72.2 cm³/mol. The summed E-state index contributed by atoms with van der Waals surface area (Å²) in [6.45, 7) is 3.42. The van der Waals surface area contributed by atoms with Gasteiger partial charge in [-0.25, -0.2) is 0 Å². The van der Waals surface area contributed by atoms with E-state index in [-0.39, 0.29) is 17.9 Å². The van der Waals surface area contributed by atoms with Crippen LogP contribution in [0.4, 0.5) is 0 Å². The van der Waals surface area contributed by atoms with E-state index in [9.17, 15) is 9.59 Å². The molecule has 0 unspecified atom stereocenters. The van der Waals surface area contributed by atoms with Crippen LogP contribution >= 0.6 is 0 Å². The Balaban J connectivity index is 1.60. The van der Waals surface area contributed by atoms with Gasteiger partial charge in [0.1, 0.15) is 6.04 Å². The van der Waals surface area contributed by atoms with Crippen LogP contribution in [0, 0.1) is 11.8 Å². The summed E-state index contributed by atoms with van der Waals surface area (Å²) in [6, 6.07) is -0.364. The average Bonchev–Trinajstić information content (AvgIpc) is 2.86. The van der Waals surface area contributed by atoms with Crippen molar-refractivity contribution < 1.29 is 9.59 Å². The second-order valence-electron chi connectivity index (χ2n) is 5.07. The number of carbonyl (C=O) groups excluding carboxylic acids is 2. The van der Waals surface area contributed by atoms with E-state index in [0.29, 0.717) is 19.4 Å². The molecule has 2 fully saturated rings. The number of piperidine rings is 1. The van der Waals surface area contributed by atoms with E-state index in [0.717, 1.165) is 19.6 Å². The van der Waals surface area contributed by atoms with Crippen molar-refractivity contribution in [1.82, 2.24) is 15.5 Å². The molecule has 0 saturated carbocycles. The minimum Gasteiger partial charge on any atom is -0.344 e. The number of hydrogen-bond donors (Lipinski definition) is 2. The molecule has 0 aliphatic carbocycles. The molecule has 2 aliphatic heterocycles. The normalized spacial score (nSPS) is 23.4. The van der Waals surface area contributed by atoms with Crippen LogP contribution in [0.2, 0.25) is 0 Å². The molecule has 0 aromatic rings. The van der Waals surface area contributed by atoms with E-state index < -0.39 is 0 Å². The number of hydrogen-bond acceptors (Lipinski definition) is 3. The highest BCUT2D eigenvalue weighted by atomic mass is 16.2. The molecule has 0 spiro atoms. The highest BCUT2D eigenvalue weighted by Gasteiger charge is 2.26. The number of likely N-dealkylation sites (tertiary alicyclic amines) is 1. The third-order valence-corrected chi connectivity index (χ3v) is 3.54. The number of rotatable bonds is 3. The lowest BCUT2D eigenvalue weighted by atomic mass is 10.1. The zero-order valence-electron chi connectivity index (χ0n) is 11.2. The Morgan fingerprint density at radius 3 is 2.79 bits per heavy atom. The lowest BCUT2D eigenvalue weighted by Crippen LogP contribution is -2.41. The van der Waals surface area contributed by atoms with E-state index in [1.807, 2.05) is 0 Å². The Bertz CT molecular complexity index is 391. The minimum atomic E-state index is -0.364. The molecule has 19 heavy (non-hydrogen) atoms. The van der Waals surface area contributed by atoms with Crippen molar-refractivity contribution in [1.29, 1.82) is 0 Å². The Morgan fingerprint density at radius 2 is 2.11 bits per heavy atom. The molecule has 2 N–H and O–H groups in total. The molecule has 0 aromatic carbocycles. The third-order valence-electron chi connectivity index (χ3n) is 3.54.